The van der Waals surface area contributed by atoms with Gasteiger partial charge in [0.2, 0.25) is 11.8 Å². The van der Waals surface area contributed by atoms with E-state index in [0.717, 1.165) is 41.2 Å². The van der Waals surface area contributed by atoms with E-state index in [-0.39, 0.29) is 24.3 Å². The molecule has 1 atom stereocenters. The summed E-state index contributed by atoms with van der Waals surface area (Å²) in [5, 5.41) is 0.746. The number of carbonyl (C=O) groups excluding carboxylic acids is 2. The van der Waals surface area contributed by atoms with Crippen LogP contribution in [0.25, 0.3) is 6.08 Å². The quantitative estimate of drug-likeness (QED) is 0.686. The zero-order chi connectivity index (χ0) is 20.4. The summed E-state index contributed by atoms with van der Waals surface area (Å²) in [6.07, 6.45) is 10.0. The van der Waals surface area contributed by atoms with Gasteiger partial charge in [0.25, 0.3) is 0 Å². The highest BCUT2D eigenvalue weighted by atomic mass is 32.1. The first-order chi connectivity index (χ1) is 14.1. The summed E-state index contributed by atoms with van der Waals surface area (Å²) in [6, 6.07) is 7.60. The third-order valence-corrected chi connectivity index (χ3v) is 6.70. The SMILES string of the molecule is C=CCN(C(=O)C[C@@H]1c2ccccc2C=CN1C(C)=O)c1nc2c(s1)CCCC2. The lowest BCUT2D eigenvalue weighted by atomic mass is 9.93. The molecule has 0 unspecified atom stereocenters. The second kappa shape index (κ2) is 8.33. The Morgan fingerprint density at radius 3 is 2.86 bits per heavy atom. The van der Waals surface area contributed by atoms with Gasteiger partial charge in [-0.05, 0) is 42.9 Å². The number of anilines is 1. The van der Waals surface area contributed by atoms with Crippen molar-refractivity contribution in [2.24, 2.45) is 0 Å². The molecule has 4 rings (SSSR count). The molecule has 2 amide bonds. The summed E-state index contributed by atoms with van der Waals surface area (Å²) < 4.78 is 0. The van der Waals surface area contributed by atoms with Crippen LogP contribution < -0.4 is 4.90 Å². The molecule has 0 saturated carbocycles. The Bertz CT molecular complexity index is 955. The van der Waals surface area contributed by atoms with Gasteiger partial charge in [-0.2, -0.15) is 0 Å². The summed E-state index contributed by atoms with van der Waals surface area (Å²) >= 11 is 1.62. The molecule has 0 bridgehead atoms. The molecule has 0 spiro atoms. The summed E-state index contributed by atoms with van der Waals surface area (Å²) in [5.74, 6) is -0.120. The molecular formula is C23H25N3O2S. The van der Waals surface area contributed by atoms with Crippen LogP contribution in [-0.2, 0) is 22.4 Å². The predicted octanol–water partition coefficient (Wildman–Crippen LogP) is 4.51. The maximum absolute atomic E-state index is 13.4. The maximum Gasteiger partial charge on any atom is 0.231 e. The Labute approximate surface area is 175 Å². The molecule has 2 aromatic rings. The number of rotatable bonds is 5. The van der Waals surface area contributed by atoms with E-state index in [4.69, 9.17) is 4.98 Å². The van der Waals surface area contributed by atoms with E-state index in [2.05, 4.69) is 6.58 Å². The van der Waals surface area contributed by atoms with E-state index in [1.165, 1.54) is 18.2 Å². The van der Waals surface area contributed by atoms with E-state index in [1.807, 2.05) is 30.3 Å². The van der Waals surface area contributed by atoms with Crippen molar-refractivity contribution in [1.29, 1.82) is 0 Å². The van der Waals surface area contributed by atoms with Crippen LogP contribution in [0, 0.1) is 0 Å². The minimum atomic E-state index is -0.317. The Balaban J connectivity index is 1.62. The molecule has 2 heterocycles. The van der Waals surface area contributed by atoms with Crippen molar-refractivity contribution in [3.05, 3.63) is 64.8 Å². The molecule has 1 aliphatic carbocycles. The molecule has 1 aromatic heterocycles. The van der Waals surface area contributed by atoms with E-state index >= 15 is 0 Å². The number of nitrogens with zero attached hydrogens (tertiary/aromatic N) is 3. The summed E-state index contributed by atoms with van der Waals surface area (Å²) in [7, 11) is 0. The molecule has 5 nitrogen and oxygen atoms in total. The highest BCUT2D eigenvalue weighted by Crippen LogP contribution is 2.36. The minimum Gasteiger partial charge on any atom is -0.311 e. The normalized spacial score (nSPS) is 17.4. The van der Waals surface area contributed by atoms with Gasteiger partial charge in [0.15, 0.2) is 5.13 Å². The lowest BCUT2D eigenvalue weighted by Crippen LogP contribution is -2.37. The Morgan fingerprint density at radius 1 is 1.31 bits per heavy atom. The van der Waals surface area contributed by atoms with Crippen LogP contribution in [0.3, 0.4) is 0 Å². The Kier molecular flexibility index (Phi) is 5.62. The zero-order valence-corrected chi connectivity index (χ0v) is 17.5. The van der Waals surface area contributed by atoms with Crippen LogP contribution >= 0.6 is 11.3 Å². The molecular weight excluding hydrogens is 382 g/mol. The highest BCUT2D eigenvalue weighted by Gasteiger charge is 2.31. The van der Waals surface area contributed by atoms with Gasteiger partial charge < -0.3 is 4.90 Å². The third-order valence-electron chi connectivity index (χ3n) is 5.52. The van der Waals surface area contributed by atoms with E-state index in [9.17, 15) is 9.59 Å². The van der Waals surface area contributed by atoms with Crippen LogP contribution in [0.1, 0.15) is 53.9 Å². The number of hydrogen-bond donors (Lipinski definition) is 0. The van der Waals surface area contributed by atoms with Crippen LogP contribution in [0.2, 0.25) is 0 Å². The smallest absolute Gasteiger partial charge is 0.231 e. The molecule has 29 heavy (non-hydrogen) atoms. The number of hydrogen-bond acceptors (Lipinski definition) is 4. The molecule has 6 heteroatoms. The summed E-state index contributed by atoms with van der Waals surface area (Å²) in [6.45, 7) is 5.77. The van der Waals surface area contributed by atoms with Crippen LogP contribution in [0.15, 0.2) is 43.1 Å². The summed E-state index contributed by atoms with van der Waals surface area (Å²) in [5.41, 5.74) is 3.17. The van der Waals surface area contributed by atoms with Crippen molar-refractivity contribution in [3.63, 3.8) is 0 Å². The van der Waals surface area contributed by atoms with Gasteiger partial charge >= 0.3 is 0 Å². The highest BCUT2D eigenvalue weighted by molar-refractivity contribution is 7.16. The van der Waals surface area contributed by atoms with E-state index < -0.39 is 0 Å². The number of benzene rings is 1. The minimum absolute atomic E-state index is 0.0441. The van der Waals surface area contributed by atoms with Gasteiger partial charge in [-0.15, -0.1) is 17.9 Å². The lowest BCUT2D eigenvalue weighted by Gasteiger charge is -2.33. The number of thiazole rings is 1. The summed E-state index contributed by atoms with van der Waals surface area (Å²) in [4.78, 5) is 35.0. The second-order valence-electron chi connectivity index (χ2n) is 7.46. The van der Waals surface area contributed by atoms with Crippen molar-refractivity contribution in [3.8, 4) is 0 Å². The number of aryl methyl sites for hydroxylation is 2. The third kappa shape index (κ3) is 3.90. The average molecular weight is 408 g/mol. The molecule has 0 fully saturated rings. The molecule has 1 aromatic carbocycles. The number of amides is 2. The number of aromatic nitrogens is 1. The maximum atomic E-state index is 13.4. The predicted molar refractivity (Wildman–Crippen MR) is 117 cm³/mol. The van der Waals surface area contributed by atoms with Gasteiger partial charge in [-0.3, -0.25) is 14.5 Å². The van der Waals surface area contributed by atoms with Gasteiger partial charge in [0, 0.05) is 24.5 Å². The van der Waals surface area contributed by atoms with Gasteiger partial charge in [0.1, 0.15) is 0 Å². The van der Waals surface area contributed by atoms with Crippen molar-refractivity contribution in [1.82, 2.24) is 9.88 Å². The van der Waals surface area contributed by atoms with Crippen molar-refractivity contribution in [2.45, 2.75) is 45.1 Å². The number of carbonyl (C=O) groups is 2. The van der Waals surface area contributed by atoms with Crippen LogP contribution in [0.4, 0.5) is 5.13 Å². The van der Waals surface area contributed by atoms with Gasteiger partial charge in [-0.1, -0.05) is 30.3 Å². The standard InChI is InChI=1S/C23H25N3O2S/c1-3-13-26(23-24-19-10-6-7-11-21(19)29-23)22(28)15-20-18-9-5-4-8-17(18)12-14-25(20)16(2)27/h3-5,8-9,12,14,20H,1,6-7,10-11,13,15H2,2H3/t20-/m1/s1. The molecule has 0 N–H and O–H groups in total. The fraction of sp³-hybridized carbons (Fsp3) is 0.348. The fourth-order valence-electron chi connectivity index (χ4n) is 4.06. The monoisotopic (exact) mass is 407 g/mol. The van der Waals surface area contributed by atoms with Crippen molar-refractivity contribution in [2.75, 3.05) is 11.4 Å². The Hall–Kier alpha value is -2.73. The lowest BCUT2D eigenvalue weighted by molar-refractivity contribution is -0.129. The molecule has 1 aliphatic heterocycles. The van der Waals surface area contributed by atoms with Gasteiger partial charge in [-0.25, -0.2) is 4.98 Å². The van der Waals surface area contributed by atoms with Crippen molar-refractivity contribution >= 4 is 34.4 Å². The van der Waals surface area contributed by atoms with Crippen molar-refractivity contribution < 1.29 is 9.59 Å². The second-order valence-corrected chi connectivity index (χ2v) is 8.52. The molecule has 2 aliphatic rings. The average Bonchev–Trinajstić information content (AvgIpc) is 3.15. The first-order valence-corrected chi connectivity index (χ1v) is 10.9. The Morgan fingerprint density at radius 2 is 2.10 bits per heavy atom. The van der Waals surface area contributed by atoms with E-state index in [1.54, 1.807) is 33.4 Å². The van der Waals surface area contributed by atoms with Crippen LogP contribution in [0.5, 0.6) is 0 Å². The first kappa shape index (κ1) is 19.6. The molecule has 0 radical (unpaired) electrons. The fourth-order valence-corrected chi connectivity index (χ4v) is 5.23. The first-order valence-electron chi connectivity index (χ1n) is 10.0. The molecule has 0 saturated heterocycles. The topological polar surface area (TPSA) is 53.5 Å². The van der Waals surface area contributed by atoms with Gasteiger partial charge in [0.05, 0.1) is 18.2 Å². The number of fused-ring (bicyclic) bond motifs is 2. The van der Waals surface area contributed by atoms with E-state index in [0.29, 0.717) is 6.54 Å². The zero-order valence-electron chi connectivity index (χ0n) is 16.6. The van der Waals surface area contributed by atoms with Crippen LogP contribution in [-0.4, -0.2) is 28.2 Å². The molecule has 150 valence electrons. The largest absolute Gasteiger partial charge is 0.311 e.